The van der Waals surface area contributed by atoms with E-state index in [2.05, 4.69) is 26.2 Å². The van der Waals surface area contributed by atoms with E-state index >= 15 is 0 Å². The van der Waals surface area contributed by atoms with E-state index in [0.717, 1.165) is 31.8 Å². The smallest absolute Gasteiger partial charge is 0.252 e. The highest BCUT2D eigenvalue weighted by Crippen LogP contribution is 2.32. The molecule has 7 heteroatoms. The molecule has 0 aliphatic heterocycles. The van der Waals surface area contributed by atoms with Crippen LogP contribution >= 0.6 is 27.5 Å². The van der Waals surface area contributed by atoms with Crippen molar-refractivity contribution in [3.05, 3.63) is 63.7 Å². The maximum atomic E-state index is 12.7. The Hall–Kier alpha value is -2.41. The normalized spacial score (nSPS) is 11.2. The number of nitrogens with one attached hydrogen (secondary N) is 2. The second-order valence-corrected chi connectivity index (χ2v) is 7.51. The molecule has 1 amide bonds. The SMILES string of the molecule is NCCNC(=O)c1cc(-c2c[nH]c3ccc(Cl)cc23)nc2ccc(Br)cc12. The summed E-state index contributed by atoms with van der Waals surface area (Å²) in [6.45, 7) is 0.793. The number of rotatable bonds is 4. The van der Waals surface area contributed by atoms with Gasteiger partial charge in [-0.15, -0.1) is 0 Å². The first-order chi connectivity index (χ1) is 13.1. The van der Waals surface area contributed by atoms with Crippen molar-refractivity contribution < 1.29 is 4.79 Å². The molecular weight excluding hydrogens is 428 g/mol. The molecule has 0 aliphatic carbocycles. The van der Waals surface area contributed by atoms with Crippen molar-refractivity contribution in [1.29, 1.82) is 0 Å². The molecule has 0 saturated heterocycles. The maximum Gasteiger partial charge on any atom is 0.252 e. The number of carbonyl (C=O) groups is 1. The second-order valence-electron chi connectivity index (χ2n) is 6.15. The van der Waals surface area contributed by atoms with Gasteiger partial charge < -0.3 is 16.0 Å². The summed E-state index contributed by atoms with van der Waals surface area (Å²) in [6.07, 6.45) is 1.88. The lowest BCUT2D eigenvalue weighted by molar-refractivity contribution is 0.0956. The number of hydrogen-bond donors (Lipinski definition) is 3. The van der Waals surface area contributed by atoms with E-state index in [1.54, 1.807) is 0 Å². The Morgan fingerprint density at radius 1 is 1.19 bits per heavy atom. The third-order valence-corrected chi connectivity index (χ3v) is 5.09. The first-order valence-corrected chi connectivity index (χ1v) is 9.59. The largest absolute Gasteiger partial charge is 0.360 e. The second kappa shape index (κ2) is 7.31. The van der Waals surface area contributed by atoms with Gasteiger partial charge in [0.2, 0.25) is 0 Å². The van der Waals surface area contributed by atoms with E-state index in [9.17, 15) is 4.79 Å². The van der Waals surface area contributed by atoms with E-state index in [0.29, 0.717) is 29.4 Å². The number of amides is 1. The molecule has 4 N–H and O–H groups in total. The predicted molar refractivity (Wildman–Crippen MR) is 113 cm³/mol. The molecule has 27 heavy (non-hydrogen) atoms. The summed E-state index contributed by atoms with van der Waals surface area (Å²) >= 11 is 9.64. The first-order valence-electron chi connectivity index (χ1n) is 8.42. The van der Waals surface area contributed by atoms with E-state index in [-0.39, 0.29) is 5.91 Å². The van der Waals surface area contributed by atoms with Gasteiger partial charge in [-0.25, -0.2) is 4.98 Å². The number of halogens is 2. The molecule has 2 heterocycles. The summed E-state index contributed by atoms with van der Waals surface area (Å²) in [7, 11) is 0. The van der Waals surface area contributed by atoms with Crippen molar-refractivity contribution in [1.82, 2.24) is 15.3 Å². The number of nitrogens with zero attached hydrogens (tertiary/aromatic N) is 1. The van der Waals surface area contributed by atoms with Gasteiger partial charge in [0, 0.05) is 50.6 Å². The fraction of sp³-hybridized carbons (Fsp3) is 0.100. The highest BCUT2D eigenvalue weighted by Gasteiger charge is 2.16. The van der Waals surface area contributed by atoms with Gasteiger partial charge in [0.1, 0.15) is 0 Å². The number of H-pyrrole nitrogens is 1. The van der Waals surface area contributed by atoms with Crippen LogP contribution in [0.5, 0.6) is 0 Å². The zero-order chi connectivity index (χ0) is 19.0. The molecule has 0 radical (unpaired) electrons. The number of aromatic nitrogens is 2. The van der Waals surface area contributed by atoms with Gasteiger partial charge >= 0.3 is 0 Å². The number of hydrogen-bond acceptors (Lipinski definition) is 3. The molecule has 4 aromatic rings. The molecule has 0 saturated carbocycles. The van der Waals surface area contributed by atoms with Crippen molar-refractivity contribution >= 4 is 55.2 Å². The minimum Gasteiger partial charge on any atom is -0.360 e. The van der Waals surface area contributed by atoms with Gasteiger partial charge in [0.05, 0.1) is 16.8 Å². The standard InChI is InChI=1S/C20H16BrClN4O/c21-11-1-3-18-13(7-11)15(20(27)24-6-5-23)9-19(26-18)16-10-25-17-4-2-12(22)8-14(16)17/h1-4,7-10,25H,5-6,23H2,(H,24,27). The van der Waals surface area contributed by atoms with Crippen molar-refractivity contribution in [2.45, 2.75) is 0 Å². The summed E-state index contributed by atoms with van der Waals surface area (Å²) in [4.78, 5) is 20.7. The van der Waals surface area contributed by atoms with Gasteiger partial charge in [-0.05, 0) is 42.5 Å². The minimum absolute atomic E-state index is 0.176. The van der Waals surface area contributed by atoms with Gasteiger partial charge in [-0.1, -0.05) is 27.5 Å². The number of fused-ring (bicyclic) bond motifs is 2. The molecule has 0 unspecified atom stereocenters. The fourth-order valence-corrected chi connectivity index (χ4v) is 3.64. The van der Waals surface area contributed by atoms with Crippen LogP contribution in [0.3, 0.4) is 0 Å². The average Bonchev–Trinajstić information content (AvgIpc) is 3.08. The van der Waals surface area contributed by atoms with Crippen LogP contribution in [0.1, 0.15) is 10.4 Å². The zero-order valence-electron chi connectivity index (χ0n) is 14.2. The number of aromatic amines is 1. The predicted octanol–water partition coefficient (Wildman–Crippen LogP) is 4.49. The molecule has 136 valence electrons. The van der Waals surface area contributed by atoms with Crippen LogP contribution in [-0.4, -0.2) is 29.0 Å². The summed E-state index contributed by atoms with van der Waals surface area (Å²) < 4.78 is 0.885. The Morgan fingerprint density at radius 3 is 2.85 bits per heavy atom. The molecule has 2 aromatic carbocycles. The Labute approximate surface area is 169 Å². The molecule has 0 aliphatic rings. The zero-order valence-corrected chi connectivity index (χ0v) is 16.6. The van der Waals surface area contributed by atoms with Crippen molar-refractivity contribution in [2.24, 2.45) is 5.73 Å². The molecular formula is C20H16BrClN4O. The van der Waals surface area contributed by atoms with Crippen LogP contribution in [0.25, 0.3) is 33.1 Å². The minimum atomic E-state index is -0.176. The summed E-state index contributed by atoms with van der Waals surface area (Å²) in [5.74, 6) is -0.176. The van der Waals surface area contributed by atoms with Gasteiger partial charge in [0.25, 0.3) is 5.91 Å². The summed E-state index contributed by atoms with van der Waals surface area (Å²) in [5.41, 5.74) is 9.38. The summed E-state index contributed by atoms with van der Waals surface area (Å²) in [5, 5.41) is 5.23. The highest BCUT2D eigenvalue weighted by atomic mass is 79.9. The lowest BCUT2D eigenvalue weighted by atomic mass is 10.0. The Balaban J connectivity index is 1.94. The quantitative estimate of drug-likeness (QED) is 0.434. The lowest BCUT2D eigenvalue weighted by Gasteiger charge is -2.10. The molecule has 0 spiro atoms. The van der Waals surface area contributed by atoms with Crippen molar-refractivity contribution in [3.63, 3.8) is 0 Å². The van der Waals surface area contributed by atoms with Crippen LogP contribution in [0.2, 0.25) is 5.02 Å². The number of nitrogens with two attached hydrogens (primary N) is 1. The molecule has 0 bridgehead atoms. The van der Waals surface area contributed by atoms with Gasteiger partial charge in [-0.3, -0.25) is 4.79 Å². The van der Waals surface area contributed by atoms with Crippen LogP contribution in [-0.2, 0) is 0 Å². The Morgan fingerprint density at radius 2 is 2.04 bits per heavy atom. The van der Waals surface area contributed by atoms with E-state index in [1.165, 1.54) is 0 Å². The van der Waals surface area contributed by atoms with Gasteiger partial charge in [-0.2, -0.15) is 0 Å². The topological polar surface area (TPSA) is 83.8 Å². The van der Waals surface area contributed by atoms with E-state index in [4.69, 9.17) is 22.3 Å². The average molecular weight is 444 g/mol. The van der Waals surface area contributed by atoms with Crippen molar-refractivity contribution in [3.8, 4) is 11.3 Å². The number of pyridine rings is 1. The highest BCUT2D eigenvalue weighted by molar-refractivity contribution is 9.10. The fourth-order valence-electron chi connectivity index (χ4n) is 3.11. The van der Waals surface area contributed by atoms with Gasteiger partial charge in [0.15, 0.2) is 0 Å². The molecule has 5 nitrogen and oxygen atoms in total. The molecule has 4 rings (SSSR count). The monoisotopic (exact) mass is 442 g/mol. The first kappa shape index (κ1) is 18.0. The van der Waals surface area contributed by atoms with Crippen LogP contribution in [0, 0.1) is 0 Å². The molecule has 0 atom stereocenters. The van der Waals surface area contributed by atoms with Crippen LogP contribution < -0.4 is 11.1 Å². The van der Waals surface area contributed by atoms with E-state index in [1.807, 2.05) is 48.7 Å². The number of carbonyl (C=O) groups excluding carboxylic acids is 1. The lowest BCUT2D eigenvalue weighted by Crippen LogP contribution is -2.29. The van der Waals surface area contributed by atoms with Crippen LogP contribution in [0.15, 0.2) is 53.1 Å². The van der Waals surface area contributed by atoms with Crippen molar-refractivity contribution in [2.75, 3.05) is 13.1 Å². The maximum absolute atomic E-state index is 12.7. The van der Waals surface area contributed by atoms with E-state index < -0.39 is 0 Å². The van der Waals surface area contributed by atoms with Crippen LogP contribution in [0.4, 0.5) is 0 Å². The molecule has 0 fully saturated rings. The molecule has 2 aromatic heterocycles. The number of benzene rings is 2. The third-order valence-electron chi connectivity index (χ3n) is 4.36. The third kappa shape index (κ3) is 3.43. The Bertz CT molecular complexity index is 1170. The summed E-state index contributed by atoms with van der Waals surface area (Å²) in [6, 6.07) is 13.2. The Kier molecular flexibility index (Phi) is 4.86.